The van der Waals surface area contributed by atoms with Crippen molar-refractivity contribution >= 4 is 27.7 Å². The number of hydrogen-bond donors (Lipinski definition) is 1. The average molecular weight is 340 g/mol. The van der Waals surface area contributed by atoms with Crippen molar-refractivity contribution in [2.75, 3.05) is 0 Å². The molecule has 1 aromatic heterocycles. The summed E-state index contributed by atoms with van der Waals surface area (Å²) < 4.78 is 6.47. The molecule has 2 N–H and O–H groups in total. The van der Waals surface area contributed by atoms with Gasteiger partial charge >= 0.3 is 0 Å². The zero-order valence-corrected chi connectivity index (χ0v) is 13.3. The van der Waals surface area contributed by atoms with Crippen molar-refractivity contribution < 1.29 is 4.42 Å². The van der Waals surface area contributed by atoms with Crippen molar-refractivity contribution in [2.45, 2.75) is 36.5 Å². The van der Waals surface area contributed by atoms with E-state index in [2.05, 4.69) is 41.1 Å². The van der Waals surface area contributed by atoms with Crippen molar-refractivity contribution in [3.05, 3.63) is 52.4 Å². The maximum atomic E-state index is 6.00. The highest BCUT2D eigenvalue weighted by atomic mass is 79.9. The monoisotopic (exact) mass is 339 g/mol. The van der Waals surface area contributed by atoms with Gasteiger partial charge in [-0.25, -0.2) is 0 Å². The Hall–Kier alpha value is -0.710. The van der Waals surface area contributed by atoms with E-state index in [4.69, 9.17) is 10.2 Å². The van der Waals surface area contributed by atoms with Gasteiger partial charge in [-0.3, -0.25) is 0 Å². The molecule has 0 fully saturated rings. The zero-order chi connectivity index (χ0) is 13.7. The third kappa shape index (κ3) is 4.41. The fourth-order valence-electron chi connectivity index (χ4n) is 1.76. The number of nitrogens with two attached hydrogens (primary N) is 1. The van der Waals surface area contributed by atoms with Crippen LogP contribution in [0.3, 0.4) is 0 Å². The van der Waals surface area contributed by atoms with Crippen LogP contribution in [-0.4, -0.2) is 6.04 Å². The predicted molar refractivity (Wildman–Crippen MR) is 84.4 cm³/mol. The molecule has 0 aliphatic heterocycles. The van der Waals surface area contributed by atoms with Gasteiger partial charge in [0, 0.05) is 15.4 Å². The van der Waals surface area contributed by atoms with Crippen molar-refractivity contribution in [3.8, 4) is 0 Å². The Morgan fingerprint density at radius 3 is 2.84 bits per heavy atom. The van der Waals surface area contributed by atoms with Crippen LogP contribution < -0.4 is 5.73 Å². The van der Waals surface area contributed by atoms with Crippen molar-refractivity contribution in [3.63, 3.8) is 0 Å². The van der Waals surface area contributed by atoms with E-state index in [0.717, 1.165) is 28.8 Å². The van der Waals surface area contributed by atoms with Gasteiger partial charge in [0.25, 0.3) is 0 Å². The molecule has 1 atom stereocenters. The Labute approximate surface area is 126 Å². The molecule has 0 spiro atoms. The van der Waals surface area contributed by atoms with Crippen molar-refractivity contribution in [2.24, 2.45) is 5.73 Å². The summed E-state index contributed by atoms with van der Waals surface area (Å²) in [6.45, 7) is 2.12. The number of furan rings is 1. The molecule has 2 nitrogen and oxygen atoms in total. The molecule has 19 heavy (non-hydrogen) atoms. The molecule has 1 unspecified atom stereocenters. The zero-order valence-electron chi connectivity index (χ0n) is 10.9. The number of benzene rings is 1. The number of thioether (sulfide) groups is 1. The third-order valence-electron chi connectivity index (χ3n) is 2.99. The van der Waals surface area contributed by atoms with E-state index < -0.39 is 0 Å². The minimum absolute atomic E-state index is 0.234. The lowest BCUT2D eigenvalue weighted by molar-refractivity contribution is 0.530. The van der Waals surface area contributed by atoms with Gasteiger partial charge in [-0.1, -0.05) is 28.9 Å². The second-order valence-corrected chi connectivity index (χ2v) is 6.40. The second kappa shape index (κ2) is 7.17. The van der Waals surface area contributed by atoms with E-state index in [1.165, 1.54) is 10.5 Å². The maximum absolute atomic E-state index is 6.00. The Bertz CT molecular complexity index is 513. The molecule has 0 aliphatic rings. The molecule has 0 amide bonds. The smallest absolute Gasteiger partial charge is 0.113 e. The summed E-state index contributed by atoms with van der Waals surface area (Å²) in [5.74, 6) is 1.85. The first-order valence-corrected chi connectivity index (χ1v) is 8.16. The van der Waals surface area contributed by atoms with Crippen LogP contribution in [0.25, 0.3) is 0 Å². The molecule has 0 saturated heterocycles. The number of rotatable bonds is 6. The van der Waals surface area contributed by atoms with Crippen molar-refractivity contribution in [1.29, 1.82) is 0 Å². The van der Waals surface area contributed by atoms with E-state index in [1.54, 1.807) is 18.0 Å². The molecule has 4 heteroatoms. The van der Waals surface area contributed by atoms with Crippen LogP contribution in [0.2, 0.25) is 0 Å². The molecule has 1 heterocycles. The van der Waals surface area contributed by atoms with E-state index in [-0.39, 0.29) is 6.04 Å². The van der Waals surface area contributed by atoms with Gasteiger partial charge in [0.05, 0.1) is 12.0 Å². The Kier molecular flexibility index (Phi) is 5.55. The molecule has 1 aromatic carbocycles. The van der Waals surface area contributed by atoms with Gasteiger partial charge in [-0.15, -0.1) is 11.8 Å². The van der Waals surface area contributed by atoms with Gasteiger partial charge < -0.3 is 10.2 Å². The molecular weight excluding hydrogens is 322 g/mol. The van der Waals surface area contributed by atoms with Crippen LogP contribution in [0, 0.1) is 0 Å². The Morgan fingerprint density at radius 2 is 2.21 bits per heavy atom. The molecule has 2 rings (SSSR count). The highest BCUT2D eigenvalue weighted by molar-refractivity contribution is 9.10. The van der Waals surface area contributed by atoms with Crippen molar-refractivity contribution in [1.82, 2.24) is 0 Å². The van der Waals surface area contributed by atoms with E-state index in [1.807, 2.05) is 12.1 Å². The van der Waals surface area contributed by atoms with E-state index >= 15 is 0 Å². The Morgan fingerprint density at radius 1 is 1.37 bits per heavy atom. The SMILES string of the molecule is CCC(N)Cc1ccc(SCc2ccco2)cc1Br. The number of halogens is 1. The summed E-state index contributed by atoms with van der Waals surface area (Å²) in [7, 11) is 0. The highest BCUT2D eigenvalue weighted by Crippen LogP contribution is 2.28. The molecule has 0 saturated carbocycles. The second-order valence-electron chi connectivity index (χ2n) is 4.49. The Balaban J connectivity index is 1.98. The molecule has 0 aliphatic carbocycles. The van der Waals surface area contributed by atoms with Crippen LogP contribution in [0.15, 0.2) is 50.4 Å². The largest absolute Gasteiger partial charge is 0.468 e. The van der Waals surface area contributed by atoms with Crippen LogP contribution in [-0.2, 0) is 12.2 Å². The lowest BCUT2D eigenvalue weighted by atomic mass is 10.1. The first kappa shape index (κ1) is 14.7. The van der Waals surface area contributed by atoms with Gasteiger partial charge in [0.15, 0.2) is 0 Å². The quantitative estimate of drug-likeness (QED) is 0.780. The first-order chi connectivity index (χ1) is 9.19. The summed E-state index contributed by atoms with van der Waals surface area (Å²) >= 11 is 5.40. The minimum atomic E-state index is 0.234. The normalized spacial score (nSPS) is 12.6. The van der Waals surface area contributed by atoms with Gasteiger partial charge in [-0.2, -0.15) is 0 Å². The maximum Gasteiger partial charge on any atom is 0.113 e. The molecule has 2 aromatic rings. The van der Waals surface area contributed by atoms with E-state index in [0.29, 0.717) is 0 Å². The van der Waals surface area contributed by atoms with Gasteiger partial charge in [0.1, 0.15) is 5.76 Å². The standard InChI is InChI=1S/C15H18BrNOS/c1-2-12(17)8-11-5-6-14(9-15(11)16)19-10-13-4-3-7-18-13/h3-7,9,12H,2,8,10,17H2,1H3. The van der Waals surface area contributed by atoms with E-state index in [9.17, 15) is 0 Å². The van der Waals surface area contributed by atoms with Crippen LogP contribution >= 0.6 is 27.7 Å². The fraction of sp³-hybridized carbons (Fsp3) is 0.333. The molecular formula is C15H18BrNOS. The lowest BCUT2D eigenvalue weighted by Gasteiger charge is -2.11. The summed E-state index contributed by atoms with van der Waals surface area (Å²) in [6.07, 6.45) is 3.63. The third-order valence-corrected chi connectivity index (χ3v) is 4.75. The summed E-state index contributed by atoms with van der Waals surface area (Å²) in [6, 6.07) is 10.6. The topological polar surface area (TPSA) is 39.2 Å². The highest BCUT2D eigenvalue weighted by Gasteiger charge is 2.07. The molecule has 0 radical (unpaired) electrons. The van der Waals surface area contributed by atoms with Gasteiger partial charge in [-0.05, 0) is 42.7 Å². The predicted octanol–water partition coefficient (Wildman–Crippen LogP) is 4.61. The van der Waals surface area contributed by atoms with Crippen LogP contribution in [0.5, 0.6) is 0 Å². The minimum Gasteiger partial charge on any atom is -0.468 e. The van der Waals surface area contributed by atoms with Gasteiger partial charge in [0.2, 0.25) is 0 Å². The summed E-state index contributed by atoms with van der Waals surface area (Å²) in [4.78, 5) is 1.23. The average Bonchev–Trinajstić information content (AvgIpc) is 2.92. The lowest BCUT2D eigenvalue weighted by Crippen LogP contribution is -2.21. The van der Waals surface area contributed by atoms with Crippen LogP contribution in [0.1, 0.15) is 24.7 Å². The van der Waals surface area contributed by atoms with Crippen LogP contribution in [0.4, 0.5) is 0 Å². The summed E-state index contributed by atoms with van der Waals surface area (Å²) in [5.41, 5.74) is 7.27. The summed E-state index contributed by atoms with van der Waals surface area (Å²) in [5, 5.41) is 0. The number of hydrogen-bond acceptors (Lipinski definition) is 3. The molecule has 102 valence electrons. The fourth-order valence-corrected chi connectivity index (χ4v) is 3.29. The first-order valence-electron chi connectivity index (χ1n) is 6.38. The molecule has 0 bridgehead atoms.